The van der Waals surface area contributed by atoms with Crippen LogP contribution in [0.2, 0.25) is 0 Å². The third-order valence-corrected chi connectivity index (χ3v) is 3.41. The number of amides is 2. The lowest BCUT2D eigenvalue weighted by Crippen LogP contribution is -2.32. The zero-order valence-corrected chi connectivity index (χ0v) is 14.1. The number of aromatic nitrogens is 6. The van der Waals surface area contributed by atoms with E-state index in [-0.39, 0.29) is 23.8 Å². The van der Waals surface area contributed by atoms with Crippen LogP contribution >= 0.6 is 0 Å². The number of nitrogens with zero attached hydrogens (tertiary/aromatic N) is 6. The molecule has 0 radical (unpaired) electrons. The summed E-state index contributed by atoms with van der Waals surface area (Å²) in [4.78, 5) is 43.6. The summed E-state index contributed by atoms with van der Waals surface area (Å²) in [5.41, 5.74) is -0.278. The van der Waals surface area contributed by atoms with Gasteiger partial charge in [0.05, 0.1) is 0 Å². The number of anilines is 2. The highest BCUT2D eigenvalue weighted by Crippen LogP contribution is 2.09. The molecule has 3 aromatic rings. The van der Waals surface area contributed by atoms with Gasteiger partial charge in [0.2, 0.25) is 11.8 Å². The standard InChI is InChI=1S/C15H16N8O3/c1-3-13-21-22(7-14(25)19-11-4-5-16-8-17-11)15(26)10-6-12(18-9(2)24)20-23(10)13/h4-6,8H,3,7H2,1-2H3,(H,18,20,24)(H,16,17,19,25). The van der Waals surface area contributed by atoms with Crippen LogP contribution in [0, 0.1) is 0 Å². The molecule has 0 fully saturated rings. The number of carbonyl (C=O) groups is 2. The Labute approximate surface area is 147 Å². The lowest BCUT2D eigenvalue weighted by molar-refractivity contribution is -0.117. The Morgan fingerprint density at radius 3 is 2.65 bits per heavy atom. The topological polar surface area (TPSA) is 136 Å². The summed E-state index contributed by atoms with van der Waals surface area (Å²) in [7, 11) is 0. The van der Waals surface area contributed by atoms with E-state index in [1.54, 1.807) is 0 Å². The molecular formula is C15H16N8O3. The largest absolute Gasteiger partial charge is 0.309 e. The van der Waals surface area contributed by atoms with Gasteiger partial charge in [-0.15, -0.1) is 5.10 Å². The second-order valence-corrected chi connectivity index (χ2v) is 5.38. The summed E-state index contributed by atoms with van der Waals surface area (Å²) in [6, 6.07) is 2.98. The van der Waals surface area contributed by atoms with Crippen LogP contribution < -0.4 is 16.2 Å². The predicted molar refractivity (Wildman–Crippen MR) is 91.6 cm³/mol. The molecule has 134 valence electrons. The van der Waals surface area contributed by atoms with Gasteiger partial charge in [0, 0.05) is 25.6 Å². The molecule has 3 aromatic heterocycles. The van der Waals surface area contributed by atoms with Gasteiger partial charge in [0.15, 0.2) is 11.6 Å². The van der Waals surface area contributed by atoms with E-state index < -0.39 is 11.5 Å². The SMILES string of the molecule is CCc1nn(CC(=O)Nc2ccncn2)c(=O)c2cc(NC(C)=O)nn12. The normalized spacial score (nSPS) is 10.7. The molecule has 0 saturated heterocycles. The molecule has 26 heavy (non-hydrogen) atoms. The van der Waals surface area contributed by atoms with Crippen molar-refractivity contribution in [2.45, 2.75) is 26.8 Å². The second kappa shape index (κ2) is 7.09. The molecule has 0 atom stereocenters. The van der Waals surface area contributed by atoms with Crippen molar-refractivity contribution in [1.82, 2.24) is 29.4 Å². The van der Waals surface area contributed by atoms with Crippen molar-refractivity contribution in [3.63, 3.8) is 0 Å². The number of nitrogens with one attached hydrogen (secondary N) is 2. The zero-order chi connectivity index (χ0) is 18.7. The summed E-state index contributed by atoms with van der Waals surface area (Å²) in [5.74, 6) is 0.294. The van der Waals surface area contributed by atoms with Crippen LogP contribution in [0.15, 0.2) is 29.5 Å². The van der Waals surface area contributed by atoms with Crippen LogP contribution in [0.5, 0.6) is 0 Å². The van der Waals surface area contributed by atoms with E-state index in [4.69, 9.17) is 0 Å². The Bertz CT molecular complexity index is 1020. The van der Waals surface area contributed by atoms with E-state index in [1.165, 1.54) is 36.1 Å². The second-order valence-electron chi connectivity index (χ2n) is 5.38. The number of hydrogen-bond donors (Lipinski definition) is 2. The van der Waals surface area contributed by atoms with Gasteiger partial charge in [0.25, 0.3) is 5.56 Å². The minimum Gasteiger partial charge on any atom is -0.309 e. The highest BCUT2D eigenvalue weighted by molar-refractivity contribution is 5.89. The van der Waals surface area contributed by atoms with E-state index in [0.29, 0.717) is 18.1 Å². The molecule has 0 aromatic carbocycles. The molecule has 3 heterocycles. The first kappa shape index (κ1) is 17.2. The van der Waals surface area contributed by atoms with E-state index in [1.807, 2.05) is 6.92 Å². The molecule has 3 rings (SSSR count). The maximum atomic E-state index is 12.6. The van der Waals surface area contributed by atoms with Crippen molar-refractivity contribution >= 4 is 29.0 Å². The number of fused-ring (bicyclic) bond motifs is 1. The predicted octanol–water partition coefficient (Wildman–Crippen LogP) is -0.159. The number of carbonyl (C=O) groups excluding carboxylic acids is 2. The van der Waals surface area contributed by atoms with Crippen LogP contribution in [-0.4, -0.2) is 41.2 Å². The highest BCUT2D eigenvalue weighted by atomic mass is 16.2. The molecule has 0 bridgehead atoms. The summed E-state index contributed by atoms with van der Waals surface area (Å²) in [5, 5.41) is 13.4. The fourth-order valence-electron chi connectivity index (χ4n) is 2.34. The van der Waals surface area contributed by atoms with E-state index in [0.717, 1.165) is 4.68 Å². The summed E-state index contributed by atoms with van der Waals surface area (Å²) in [6.45, 7) is 2.91. The summed E-state index contributed by atoms with van der Waals surface area (Å²) in [6.07, 6.45) is 3.27. The van der Waals surface area contributed by atoms with Crippen LogP contribution in [0.4, 0.5) is 11.6 Å². The Morgan fingerprint density at radius 2 is 2.00 bits per heavy atom. The average Bonchev–Trinajstić information content (AvgIpc) is 3.01. The molecule has 0 saturated carbocycles. The molecule has 2 N–H and O–H groups in total. The fraction of sp³-hybridized carbons (Fsp3) is 0.267. The Kier molecular flexibility index (Phi) is 4.69. The summed E-state index contributed by atoms with van der Waals surface area (Å²) >= 11 is 0. The lowest BCUT2D eigenvalue weighted by Gasteiger charge is -2.08. The summed E-state index contributed by atoms with van der Waals surface area (Å²) < 4.78 is 2.43. The van der Waals surface area contributed by atoms with Crippen molar-refractivity contribution in [1.29, 1.82) is 0 Å². The van der Waals surface area contributed by atoms with Crippen molar-refractivity contribution in [3.8, 4) is 0 Å². The van der Waals surface area contributed by atoms with Gasteiger partial charge < -0.3 is 10.6 Å². The monoisotopic (exact) mass is 356 g/mol. The molecule has 0 aliphatic carbocycles. The van der Waals surface area contributed by atoms with Gasteiger partial charge >= 0.3 is 0 Å². The van der Waals surface area contributed by atoms with Gasteiger partial charge in [-0.25, -0.2) is 19.2 Å². The molecule has 0 unspecified atom stereocenters. The first-order chi connectivity index (χ1) is 12.5. The van der Waals surface area contributed by atoms with Gasteiger partial charge in [-0.3, -0.25) is 14.4 Å². The molecule has 11 nitrogen and oxygen atoms in total. The van der Waals surface area contributed by atoms with Crippen LogP contribution in [0.3, 0.4) is 0 Å². The molecular weight excluding hydrogens is 340 g/mol. The molecule has 0 aliphatic heterocycles. The molecule has 11 heteroatoms. The Hall–Kier alpha value is -3.63. The van der Waals surface area contributed by atoms with Gasteiger partial charge in [0.1, 0.15) is 24.2 Å². The van der Waals surface area contributed by atoms with Crippen molar-refractivity contribution < 1.29 is 9.59 Å². The number of rotatable bonds is 5. The zero-order valence-electron chi connectivity index (χ0n) is 14.1. The van der Waals surface area contributed by atoms with Crippen LogP contribution in [0.1, 0.15) is 19.7 Å². The van der Waals surface area contributed by atoms with E-state index in [9.17, 15) is 14.4 Å². The van der Waals surface area contributed by atoms with Crippen LogP contribution in [-0.2, 0) is 22.6 Å². The maximum Gasteiger partial charge on any atom is 0.293 e. The van der Waals surface area contributed by atoms with Crippen molar-refractivity contribution in [3.05, 3.63) is 40.8 Å². The average molecular weight is 356 g/mol. The number of hydrogen-bond acceptors (Lipinski definition) is 7. The van der Waals surface area contributed by atoms with E-state index >= 15 is 0 Å². The maximum absolute atomic E-state index is 12.6. The first-order valence-electron chi connectivity index (χ1n) is 7.81. The van der Waals surface area contributed by atoms with Crippen LogP contribution in [0.25, 0.3) is 5.52 Å². The third-order valence-electron chi connectivity index (χ3n) is 3.41. The lowest BCUT2D eigenvalue weighted by atomic mass is 10.4. The highest BCUT2D eigenvalue weighted by Gasteiger charge is 2.15. The molecule has 0 aliphatic rings. The quantitative estimate of drug-likeness (QED) is 0.648. The number of aryl methyl sites for hydroxylation is 1. The minimum atomic E-state index is -0.496. The molecule has 0 spiro atoms. The Balaban J connectivity index is 1.93. The van der Waals surface area contributed by atoms with Gasteiger partial charge in [-0.2, -0.15) is 5.10 Å². The Morgan fingerprint density at radius 1 is 1.19 bits per heavy atom. The van der Waals surface area contributed by atoms with Crippen molar-refractivity contribution in [2.75, 3.05) is 10.6 Å². The third kappa shape index (κ3) is 3.55. The minimum absolute atomic E-state index is 0.218. The molecule has 2 amide bonds. The van der Waals surface area contributed by atoms with Gasteiger partial charge in [-0.05, 0) is 6.07 Å². The first-order valence-corrected chi connectivity index (χ1v) is 7.81. The van der Waals surface area contributed by atoms with Crippen molar-refractivity contribution in [2.24, 2.45) is 0 Å². The fourth-order valence-corrected chi connectivity index (χ4v) is 2.34. The smallest absolute Gasteiger partial charge is 0.293 e. The van der Waals surface area contributed by atoms with Gasteiger partial charge in [-0.1, -0.05) is 6.92 Å². The van der Waals surface area contributed by atoms with E-state index in [2.05, 4.69) is 30.8 Å².